The van der Waals surface area contributed by atoms with Crippen molar-refractivity contribution in [2.75, 3.05) is 0 Å². The Bertz CT molecular complexity index is 2660. The average molecular weight is 593 g/mol. The van der Waals surface area contributed by atoms with E-state index < -0.39 is 0 Å². The van der Waals surface area contributed by atoms with E-state index in [2.05, 4.69) is 155 Å². The second-order valence-corrected chi connectivity index (χ2v) is 12.5. The summed E-state index contributed by atoms with van der Waals surface area (Å²) in [5, 5.41) is 7.22. The van der Waals surface area contributed by atoms with Gasteiger partial charge < -0.3 is 4.57 Å². The van der Waals surface area contributed by atoms with Gasteiger partial charge in [0.05, 0.1) is 27.5 Å². The van der Waals surface area contributed by atoms with Crippen LogP contribution in [0.25, 0.3) is 86.8 Å². The maximum Gasteiger partial charge on any atom is 0.163 e. The summed E-state index contributed by atoms with van der Waals surface area (Å²) < 4.78 is 5.88. The molecule has 0 fully saturated rings. The van der Waals surface area contributed by atoms with Crippen LogP contribution in [-0.2, 0) is 0 Å². The van der Waals surface area contributed by atoms with E-state index in [0.29, 0.717) is 0 Å². The number of hydrogen-bond acceptors (Lipinski definition) is 3. The molecule has 4 nitrogen and oxygen atoms in total. The third kappa shape index (κ3) is 3.53. The van der Waals surface area contributed by atoms with E-state index in [9.17, 15) is 0 Å². The minimum Gasteiger partial charge on any atom is -0.309 e. The number of fused-ring (bicyclic) bond motifs is 9. The first-order valence-corrected chi connectivity index (χ1v) is 15.9. The highest BCUT2D eigenvalue weighted by atomic mass is 32.1. The zero-order valence-corrected chi connectivity index (χ0v) is 24.9. The molecule has 0 aliphatic carbocycles. The molecular weight excluding hydrogens is 569 g/mol. The van der Waals surface area contributed by atoms with Crippen molar-refractivity contribution in [1.82, 2.24) is 19.1 Å². The lowest BCUT2D eigenvalue weighted by Gasteiger charge is -2.12. The summed E-state index contributed by atoms with van der Waals surface area (Å²) >= 11 is 1.73. The lowest BCUT2D eigenvalue weighted by molar-refractivity contribution is 1.08. The molecule has 45 heavy (non-hydrogen) atoms. The summed E-state index contributed by atoms with van der Waals surface area (Å²) in [6.07, 6.45) is 0. The van der Waals surface area contributed by atoms with Crippen LogP contribution in [0, 0.1) is 0 Å². The summed E-state index contributed by atoms with van der Waals surface area (Å²) in [6.45, 7) is 0. The van der Waals surface area contributed by atoms with Gasteiger partial charge in [0.1, 0.15) is 4.83 Å². The van der Waals surface area contributed by atoms with Gasteiger partial charge in [-0.1, -0.05) is 91.0 Å². The van der Waals surface area contributed by atoms with Crippen molar-refractivity contribution in [3.8, 4) is 22.9 Å². The number of benzene rings is 6. The summed E-state index contributed by atoms with van der Waals surface area (Å²) in [7, 11) is 0. The molecule has 0 aliphatic rings. The molecule has 0 saturated carbocycles. The molecule has 0 atom stereocenters. The monoisotopic (exact) mass is 592 g/mol. The molecule has 10 rings (SSSR count). The van der Waals surface area contributed by atoms with Crippen molar-refractivity contribution in [2.24, 2.45) is 0 Å². The molecule has 210 valence electrons. The third-order valence-electron chi connectivity index (χ3n) is 8.98. The van der Waals surface area contributed by atoms with Crippen LogP contribution in [0.5, 0.6) is 0 Å². The third-order valence-corrected chi connectivity index (χ3v) is 10.0. The van der Waals surface area contributed by atoms with E-state index in [1.165, 1.54) is 42.7 Å². The maximum atomic E-state index is 5.38. The van der Waals surface area contributed by atoms with Crippen molar-refractivity contribution in [3.63, 3.8) is 0 Å². The highest BCUT2D eigenvalue weighted by Crippen LogP contribution is 2.40. The second kappa shape index (κ2) is 9.36. The van der Waals surface area contributed by atoms with Crippen LogP contribution in [0.1, 0.15) is 0 Å². The molecule has 0 unspecified atom stereocenters. The fourth-order valence-electron chi connectivity index (χ4n) is 7.01. The standard InChI is InChI=1S/C40H24N4S/c1-6-16-32-27(11-1)28-12-2-7-17-33(28)43(32)26-23-21-25(22-24-26)38-41-39(37-31-15-5-10-20-36(31)45-40(37)42-38)44-34-18-8-3-13-29(34)30-14-4-9-19-35(30)44/h1-24H. The molecule has 0 radical (unpaired) electrons. The Labute approximate surface area is 262 Å². The predicted molar refractivity (Wildman–Crippen MR) is 189 cm³/mol. The lowest BCUT2D eigenvalue weighted by Crippen LogP contribution is -2.02. The predicted octanol–water partition coefficient (Wildman–Crippen LogP) is 10.7. The molecule has 0 saturated heterocycles. The highest BCUT2D eigenvalue weighted by Gasteiger charge is 2.21. The second-order valence-electron chi connectivity index (χ2n) is 11.4. The largest absolute Gasteiger partial charge is 0.309 e. The van der Waals surface area contributed by atoms with Gasteiger partial charge in [0.25, 0.3) is 0 Å². The van der Waals surface area contributed by atoms with Crippen LogP contribution in [0.3, 0.4) is 0 Å². The van der Waals surface area contributed by atoms with Crippen molar-refractivity contribution >= 4 is 75.3 Å². The average Bonchev–Trinajstić information content (AvgIpc) is 3.76. The Hall–Kier alpha value is -5.78. The molecule has 0 bridgehead atoms. The molecule has 6 aromatic carbocycles. The van der Waals surface area contributed by atoms with Crippen LogP contribution < -0.4 is 0 Å². The number of aromatic nitrogens is 4. The van der Waals surface area contributed by atoms with E-state index in [1.54, 1.807) is 11.3 Å². The first-order chi connectivity index (χ1) is 22.3. The molecule has 0 amide bonds. The van der Waals surface area contributed by atoms with Gasteiger partial charge in [-0.05, 0) is 54.6 Å². The van der Waals surface area contributed by atoms with Crippen LogP contribution in [0.4, 0.5) is 0 Å². The van der Waals surface area contributed by atoms with Crippen LogP contribution in [0.15, 0.2) is 146 Å². The first-order valence-electron chi connectivity index (χ1n) is 15.1. The minimum atomic E-state index is 0.722. The number of hydrogen-bond donors (Lipinski definition) is 0. The van der Waals surface area contributed by atoms with Gasteiger partial charge in [-0.3, -0.25) is 4.57 Å². The molecule has 5 heteroatoms. The Morgan fingerprint density at radius 1 is 0.422 bits per heavy atom. The quantitative estimate of drug-likeness (QED) is 0.205. The number of rotatable bonds is 3. The van der Waals surface area contributed by atoms with Crippen molar-refractivity contribution in [2.45, 2.75) is 0 Å². The minimum absolute atomic E-state index is 0.722. The molecule has 0 spiro atoms. The Morgan fingerprint density at radius 3 is 1.44 bits per heavy atom. The van der Waals surface area contributed by atoms with Gasteiger partial charge in [-0.15, -0.1) is 11.3 Å². The molecule has 0 N–H and O–H groups in total. The fraction of sp³-hybridized carbons (Fsp3) is 0. The van der Waals surface area contributed by atoms with E-state index in [1.807, 2.05) is 0 Å². The van der Waals surface area contributed by atoms with Crippen molar-refractivity contribution in [3.05, 3.63) is 146 Å². The van der Waals surface area contributed by atoms with E-state index in [4.69, 9.17) is 9.97 Å². The zero-order valence-electron chi connectivity index (χ0n) is 24.1. The number of para-hydroxylation sites is 4. The van der Waals surface area contributed by atoms with Crippen LogP contribution >= 0.6 is 11.3 Å². The summed E-state index contributed by atoms with van der Waals surface area (Å²) in [6, 6.07) is 51.7. The van der Waals surface area contributed by atoms with Crippen molar-refractivity contribution in [1.29, 1.82) is 0 Å². The normalized spacial score (nSPS) is 12.0. The van der Waals surface area contributed by atoms with Gasteiger partial charge in [0.15, 0.2) is 11.6 Å². The first kappa shape index (κ1) is 24.6. The summed E-state index contributed by atoms with van der Waals surface area (Å²) in [5.74, 6) is 1.64. The molecule has 4 aromatic heterocycles. The van der Waals surface area contributed by atoms with Crippen LogP contribution in [0.2, 0.25) is 0 Å². The molecule has 10 aromatic rings. The Balaban J connectivity index is 1.22. The lowest BCUT2D eigenvalue weighted by atomic mass is 10.1. The summed E-state index contributed by atoms with van der Waals surface area (Å²) in [4.78, 5) is 11.6. The van der Waals surface area contributed by atoms with Gasteiger partial charge in [0.2, 0.25) is 0 Å². The SMILES string of the molecule is c1ccc2c(c1)sc1nc(-c3ccc(-n4c5ccccc5c5ccccc54)cc3)nc(-n3c4ccccc4c4ccccc43)c12. The molecule has 4 heterocycles. The fourth-order valence-corrected chi connectivity index (χ4v) is 8.08. The van der Waals surface area contributed by atoms with E-state index in [0.717, 1.165) is 44.1 Å². The number of thiophene rings is 1. The van der Waals surface area contributed by atoms with Crippen molar-refractivity contribution < 1.29 is 0 Å². The number of nitrogens with zero attached hydrogens (tertiary/aromatic N) is 4. The van der Waals surface area contributed by atoms with Gasteiger partial charge in [-0.25, -0.2) is 9.97 Å². The Morgan fingerprint density at radius 2 is 0.889 bits per heavy atom. The Kier molecular flexibility index (Phi) is 5.12. The topological polar surface area (TPSA) is 35.6 Å². The van der Waals surface area contributed by atoms with Gasteiger partial charge in [0, 0.05) is 42.9 Å². The summed E-state index contributed by atoms with van der Waals surface area (Å²) in [5.41, 5.74) is 6.77. The van der Waals surface area contributed by atoms with Gasteiger partial charge >= 0.3 is 0 Å². The highest BCUT2D eigenvalue weighted by molar-refractivity contribution is 7.25. The van der Waals surface area contributed by atoms with E-state index >= 15 is 0 Å². The molecule has 0 aliphatic heterocycles. The molecular formula is C40H24N4S. The van der Waals surface area contributed by atoms with Gasteiger partial charge in [-0.2, -0.15) is 0 Å². The van der Waals surface area contributed by atoms with E-state index in [-0.39, 0.29) is 0 Å². The smallest absolute Gasteiger partial charge is 0.163 e. The zero-order chi connectivity index (χ0) is 29.5. The van der Waals surface area contributed by atoms with Crippen LogP contribution in [-0.4, -0.2) is 19.1 Å². The maximum absolute atomic E-state index is 5.38.